The second kappa shape index (κ2) is 9.79. The van der Waals surface area contributed by atoms with E-state index in [2.05, 4.69) is 10.3 Å². The van der Waals surface area contributed by atoms with Crippen molar-refractivity contribution in [2.45, 2.75) is 43.8 Å². The molecule has 1 N–H and O–H groups in total. The summed E-state index contributed by atoms with van der Waals surface area (Å²) in [5.41, 5.74) is -7.45. The van der Waals surface area contributed by atoms with Crippen LogP contribution in [0.1, 0.15) is 40.6 Å². The zero-order chi connectivity index (χ0) is 28.2. The molecule has 0 atom stereocenters. The molecule has 38 heavy (non-hydrogen) atoms. The Hall–Kier alpha value is -2.71. The number of alkyl halides is 7. The van der Waals surface area contributed by atoms with Crippen LogP contribution in [0.4, 0.5) is 30.7 Å². The second-order valence-corrected chi connectivity index (χ2v) is 10.2. The van der Waals surface area contributed by atoms with Gasteiger partial charge in [0.15, 0.2) is 0 Å². The Labute approximate surface area is 224 Å². The maximum absolute atomic E-state index is 14.5. The van der Waals surface area contributed by atoms with E-state index in [-0.39, 0.29) is 41.0 Å². The largest absolute Gasteiger partial charge is 0.435 e. The van der Waals surface area contributed by atoms with E-state index in [1.54, 1.807) is 4.90 Å². The summed E-state index contributed by atoms with van der Waals surface area (Å²) < 4.78 is 94.3. The van der Waals surface area contributed by atoms with Crippen LogP contribution in [0.2, 0.25) is 10.0 Å². The van der Waals surface area contributed by atoms with Crippen molar-refractivity contribution in [3.8, 4) is 16.3 Å². The van der Waals surface area contributed by atoms with Crippen molar-refractivity contribution in [2.24, 2.45) is 0 Å². The van der Waals surface area contributed by atoms with E-state index in [1.165, 1.54) is 12.3 Å². The van der Waals surface area contributed by atoms with E-state index >= 15 is 0 Å². The SMILES string of the molecule is CCN(C(=O)c1cc(-c2cn(-c3c(Cl)cc(C(F)(C(F)(F)F)C(F)(F)F)cc3Cl)nn2)sc1C=N)C1CC1. The zero-order valence-corrected chi connectivity index (χ0v) is 21.4. The molecule has 6 nitrogen and oxygen atoms in total. The lowest BCUT2D eigenvalue weighted by Crippen LogP contribution is -2.50. The summed E-state index contributed by atoms with van der Waals surface area (Å²) >= 11 is 13.0. The second-order valence-electron chi connectivity index (χ2n) is 8.35. The maximum Gasteiger partial charge on any atom is 0.435 e. The summed E-state index contributed by atoms with van der Waals surface area (Å²) in [5.74, 6) is -0.255. The number of halogens is 9. The fourth-order valence-electron chi connectivity index (χ4n) is 3.87. The molecule has 0 aliphatic heterocycles. The Morgan fingerprint density at radius 2 is 1.71 bits per heavy atom. The highest BCUT2D eigenvalue weighted by Crippen LogP contribution is 2.54. The average Bonchev–Trinajstić information content (AvgIpc) is 3.36. The van der Waals surface area contributed by atoms with Gasteiger partial charge in [-0.1, -0.05) is 28.4 Å². The van der Waals surface area contributed by atoms with Gasteiger partial charge in [0.05, 0.1) is 31.6 Å². The molecule has 2 aromatic heterocycles. The molecule has 3 aromatic rings. The van der Waals surface area contributed by atoms with Crippen molar-refractivity contribution in [2.75, 3.05) is 6.54 Å². The monoisotopic (exact) mass is 601 g/mol. The molecule has 16 heteroatoms. The molecule has 0 unspecified atom stereocenters. The van der Waals surface area contributed by atoms with E-state index in [0.29, 0.717) is 16.3 Å². The summed E-state index contributed by atoms with van der Waals surface area (Å²) in [6.45, 7) is 2.33. The number of amides is 1. The number of hydrogen-bond donors (Lipinski definition) is 1. The topological polar surface area (TPSA) is 74.9 Å². The van der Waals surface area contributed by atoms with Crippen molar-refractivity contribution in [1.29, 1.82) is 5.41 Å². The van der Waals surface area contributed by atoms with E-state index in [4.69, 9.17) is 28.6 Å². The molecule has 0 bridgehead atoms. The van der Waals surface area contributed by atoms with Gasteiger partial charge >= 0.3 is 18.0 Å². The van der Waals surface area contributed by atoms with E-state index in [0.717, 1.165) is 35.1 Å². The Bertz CT molecular complexity index is 1360. The van der Waals surface area contributed by atoms with Gasteiger partial charge in [0.1, 0.15) is 11.4 Å². The molecule has 0 radical (unpaired) electrons. The Morgan fingerprint density at radius 1 is 1.13 bits per heavy atom. The van der Waals surface area contributed by atoms with Crippen LogP contribution in [0, 0.1) is 5.41 Å². The number of aromatic nitrogens is 3. The van der Waals surface area contributed by atoms with Gasteiger partial charge in [0, 0.05) is 24.4 Å². The number of nitrogens with zero attached hydrogens (tertiary/aromatic N) is 4. The van der Waals surface area contributed by atoms with Crippen LogP contribution >= 0.6 is 34.5 Å². The van der Waals surface area contributed by atoms with Crippen molar-refractivity contribution in [1.82, 2.24) is 19.9 Å². The summed E-state index contributed by atoms with van der Waals surface area (Å²) in [6, 6.07) is 2.01. The first-order valence-electron chi connectivity index (χ1n) is 10.8. The number of carbonyl (C=O) groups excluding carboxylic acids is 1. The van der Waals surface area contributed by atoms with Crippen LogP contribution in [0.15, 0.2) is 24.4 Å². The molecular formula is C22H16Cl2F7N5OS. The van der Waals surface area contributed by atoms with Crippen LogP contribution in [-0.2, 0) is 5.67 Å². The first-order valence-corrected chi connectivity index (χ1v) is 12.4. The Kier molecular flexibility index (Phi) is 7.29. The summed E-state index contributed by atoms with van der Waals surface area (Å²) in [5, 5.41) is 13.9. The van der Waals surface area contributed by atoms with Gasteiger partial charge in [-0.25, -0.2) is 9.07 Å². The fraction of sp³-hybridized carbons (Fsp3) is 0.364. The summed E-state index contributed by atoms with van der Waals surface area (Å²) in [7, 11) is 0. The third-order valence-electron chi connectivity index (χ3n) is 5.88. The maximum atomic E-state index is 14.5. The number of nitrogens with one attached hydrogen (secondary N) is 1. The van der Waals surface area contributed by atoms with E-state index in [9.17, 15) is 35.5 Å². The van der Waals surface area contributed by atoms with Crippen LogP contribution in [-0.4, -0.2) is 57.0 Å². The highest BCUT2D eigenvalue weighted by molar-refractivity contribution is 7.17. The minimum atomic E-state index is -6.34. The van der Waals surface area contributed by atoms with Gasteiger partial charge in [0.25, 0.3) is 5.91 Å². The lowest BCUT2D eigenvalue weighted by molar-refractivity contribution is -0.348. The van der Waals surface area contributed by atoms with Crippen molar-refractivity contribution >= 4 is 46.7 Å². The molecular weight excluding hydrogens is 586 g/mol. The number of carbonyl (C=O) groups is 1. The first-order chi connectivity index (χ1) is 17.6. The molecule has 204 valence electrons. The van der Waals surface area contributed by atoms with Gasteiger partial charge in [-0.3, -0.25) is 4.79 Å². The minimum absolute atomic E-state index is 0.139. The van der Waals surface area contributed by atoms with Crippen molar-refractivity contribution in [3.63, 3.8) is 0 Å². The fourth-order valence-corrected chi connectivity index (χ4v) is 5.46. The molecule has 4 rings (SSSR count). The zero-order valence-electron chi connectivity index (χ0n) is 19.1. The van der Waals surface area contributed by atoms with Gasteiger partial charge in [0.2, 0.25) is 0 Å². The molecule has 0 saturated heterocycles. The van der Waals surface area contributed by atoms with Crippen LogP contribution < -0.4 is 0 Å². The number of benzene rings is 1. The van der Waals surface area contributed by atoms with Crippen LogP contribution in [0.25, 0.3) is 16.3 Å². The van der Waals surface area contributed by atoms with Crippen molar-refractivity contribution < 1.29 is 35.5 Å². The molecule has 1 amide bonds. The van der Waals surface area contributed by atoms with Gasteiger partial charge in [-0.2, -0.15) is 26.3 Å². The molecule has 1 saturated carbocycles. The smallest absolute Gasteiger partial charge is 0.336 e. The molecule has 1 fully saturated rings. The third kappa shape index (κ3) is 4.77. The molecule has 1 aromatic carbocycles. The first kappa shape index (κ1) is 28.3. The summed E-state index contributed by atoms with van der Waals surface area (Å²) in [6.07, 6.45) is -8.65. The highest BCUT2D eigenvalue weighted by atomic mass is 35.5. The van der Waals surface area contributed by atoms with Crippen LogP contribution in [0.5, 0.6) is 0 Å². The van der Waals surface area contributed by atoms with Gasteiger partial charge < -0.3 is 10.3 Å². The average molecular weight is 602 g/mol. The van der Waals surface area contributed by atoms with Crippen LogP contribution in [0.3, 0.4) is 0 Å². The predicted octanol–water partition coefficient (Wildman–Crippen LogP) is 7.21. The minimum Gasteiger partial charge on any atom is -0.336 e. The quantitative estimate of drug-likeness (QED) is 0.229. The molecule has 0 spiro atoms. The van der Waals surface area contributed by atoms with Gasteiger partial charge in [-0.15, -0.1) is 16.4 Å². The highest BCUT2D eigenvalue weighted by Gasteiger charge is 2.73. The number of thiophene rings is 1. The Morgan fingerprint density at radius 3 is 2.18 bits per heavy atom. The predicted molar refractivity (Wildman–Crippen MR) is 127 cm³/mol. The number of hydrogen-bond acceptors (Lipinski definition) is 5. The standard InChI is InChI=1S/C22H16Cl2F7N5OS/c1-2-35(11-3-4-11)19(37)12-7-16(38-17(12)8-32)15-9-36(34-33-15)18-13(23)5-10(6-14(18)24)20(25,21(26,27)28)22(29,30)31/h5-9,11,32H,2-4H2,1H3. The molecule has 2 heterocycles. The van der Waals surface area contributed by atoms with E-state index < -0.39 is 33.6 Å². The Balaban J connectivity index is 1.72. The van der Waals surface area contributed by atoms with Crippen molar-refractivity contribution in [3.05, 3.63) is 50.4 Å². The van der Waals surface area contributed by atoms with E-state index in [1.807, 2.05) is 6.92 Å². The third-order valence-corrected chi connectivity index (χ3v) is 7.56. The lowest BCUT2D eigenvalue weighted by atomic mass is 9.94. The van der Waals surface area contributed by atoms with Gasteiger partial charge in [-0.05, 0) is 38.0 Å². The lowest BCUT2D eigenvalue weighted by Gasteiger charge is -2.30. The normalized spacial score (nSPS) is 14.6. The molecule has 1 aliphatic carbocycles. The summed E-state index contributed by atoms with van der Waals surface area (Å²) in [4.78, 5) is 15.5. The number of rotatable bonds is 7. The molecule has 1 aliphatic rings.